The molecule has 1 aliphatic rings. The minimum atomic E-state index is -4.48. The highest BCUT2D eigenvalue weighted by atomic mass is 32.1. The summed E-state index contributed by atoms with van der Waals surface area (Å²) in [4.78, 5) is 30.9. The first kappa shape index (κ1) is 20.4. The van der Waals surface area contributed by atoms with Crippen LogP contribution in [0.1, 0.15) is 24.0 Å². The molecule has 1 N–H and O–H groups in total. The molecule has 0 bridgehead atoms. The predicted octanol–water partition coefficient (Wildman–Crippen LogP) is 3.83. The molecule has 3 aromatic rings. The lowest BCUT2D eigenvalue weighted by atomic mass is 9.99. The number of benzene rings is 1. The second-order valence-electron chi connectivity index (χ2n) is 7.26. The van der Waals surface area contributed by atoms with Gasteiger partial charge in [-0.2, -0.15) is 13.2 Å². The van der Waals surface area contributed by atoms with Crippen LogP contribution in [0, 0.1) is 5.92 Å². The third-order valence-corrected chi connectivity index (χ3v) is 6.09. The zero-order chi connectivity index (χ0) is 21.5. The number of carboxylic acid groups (broad SMARTS) is 1. The fourth-order valence-electron chi connectivity index (χ4n) is 3.70. The van der Waals surface area contributed by atoms with Crippen molar-refractivity contribution in [1.82, 2.24) is 9.55 Å². The summed E-state index contributed by atoms with van der Waals surface area (Å²) in [5, 5.41) is 11.1. The molecule has 1 aromatic carbocycles. The Balaban J connectivity index is 1.79. The molecule has 0 amide bonds. The summed E-state index contributed by atoms with van der Waals surface area (Å²) in [6.07, 6.45) is -3.33. The van der Waals surface area contributed by atoms with Crippen molar-refractivity contribution in [3.05, 3.63) is 57.2 Å². The molecule has 158 valence electrons. The van der Waals surface area contributed by atoms with E-state index in [2.05, 4.69) is 4.98 Å². The first-order valence-corrected chi connectivity index (χ1v) is 10.2. The summed E-state index contributed by atoms with van der Waals surface area (Å²) in [6.45, 7) is 0.627. The second-order valence-corrected chi connectivity index (χ2v) is 8.18. The van der Waals surface area contributed by atoms with E-state index in [1.54, 1.807) is 16.3 Å². The van der Waals surface area contributed by atoms with Crippen LogP contribution in [0.25, 0.3) is 10.2 Å². The quantitative estimate of drug-likeness (QED) is 0.672. The number of aromatic nitrogens is 2. The average Bonchev–Trinajstić information content (AvgIpc) is 3.18. The standard InChI is InChI=1S/C20H18F3N3O3S/c21-20(22,23)14-5-1-3-12(9-14)10-26-17(27)16-15(6-8-30-16)24-19(26)25-7-2-4-13(11-25)18(28)29/h1,3,5-6,8-9,13H,2,4,7,10-11H2,(H,28,29). The Labute approximate surface area is 173 Å². The summed E-state index contributed by atoms with van der Waals surface area (Å²) in [5.41, 5.74) is -0.320. The van der Waals surface area contributed by atoms with Gasteiger partial charge in [0.1, 0.15) is 4.70 Å². The highest BCUT2D eigenvalue weighted by molar-refractivity contribution is 7.17. The normalized spacial score (nSPS) is 17.4. The SMILES string of the molecule is O=C(O)C1CCCN(c2nc3ccsc3c(=O)n2Cc2cccc(C(F)(F)F)c2)C1. The van der Waals surface area contributed by atoms with Crippen LogP contribution in [0.4, 0.5) is 19.1 Å². The zero-order valence-corrected chi connectivity index (χ0v) is 16.5. The number of anilines is 1. The number of thiophene rings is 1. The van der Waals surface area contributed by atoms with Crippen LogP contribution in [0.3, 0.4) is 0 Å². The molecule has 1 unspecified atom stereocenters. The van der Waals surface area contributed by atoms with Gasteiger partial charge in [-0.3, -0.25) is 14.2 Å². The molecule has 1 atom stereocenters. The van der Waals surface area contributed by atoms with Gasteiger partial charge in [-0.1, -0.05) is 12.1 Å². The number of nitrogens with zero attached hydrogens (tertiary/aromatic N) is 3. The molecular formula is C20H18F3N3O3S. The molecule has 4 rings (SSSR count). The number of aliphatic carboxylic acids is 1. The fraction of sp³-hybridized carbons (Fsp3) is 0.350. The van der Waals surface area contributed by atoms with Crippen molar-refractivity contribution in [2.75, 3.05) is 18.0 Å². The fourth-order valence-corrected chi connectivity index (χ4v) is 4.48. The van der Waals surface area contributed by atoms with E-state index in [0.717, 1.165) is 12.1 Å². The summed E-state index contributed by atoms with van der Waals surface area (Å²) >= 11 is 1.22. The van der Waals surface area contributed by atoms with Gasteiger partial charge >= 0.3 is 12.1 Å². The van der Waals surface area contributed by atoms with Crippen LogP contribution in [-0.2, 0) is 17.5 Å². The van der Waals surface area contributed by atoms with E-state index in [4.69, 9.17) is 0 Å². The number of alkyl halides is 3. The minimum Gasteiger partial charge on any atom is -0.481 e. The maximum absolute atomic E-state index is 13.1. The van der Waals surface area contributed by atoms with Gasteiger partial charge < -0.3 is 10.0 Å². The van der Waals surface area contributed by atoms with Gasteiger partial charge in [0.2, 0.25) is 5.95 Å². The smallest absolute Gasteiger partial charge is 0.416 e. The average molecular weight is 437 g/mol. The van der Waals surface area contributed by atoms with Crippen molar-refractivity contribution in [2.45, 2.75) is 25.6 Å². The number of carboxylic acids is 1. The lowest BCUT2D eigenvalue weighted by Gasteiger charge is -2.33. The first-order valence-electron chi connectivity index (χ1n) is 9.36. The van der Waals surface area contributed by atoms with Gasteiger partial charge in [0, 0.05) is 13.1 Å². The molecule has 1 aliphatic heterocycles. The monoisotopic (exact) mass is 437 g/mol. The minimum absolute atomic E-state index is 0.0901. The van der Waals surface area contributed by atoms with Crippen molar-refractivity contribution >= 4 is 33.5 Å². The van der Waals surface area contributed by atoms with Crippen LogP contribution < -0.4 is 10.5 Å². The Hall–Kier alpha value is -2.88. The van der Waals surface area contributed by atoms with Crippen molar-refractivity contribution in [2.24, 2.45) is 5.92 Å². The highest BCUT2D eigenvalue weighted by Gasteiger charge is 2.31. The van der Waals surface area contributed by atoms with E-state index in [0.29, 0.717) is 35.2 Å². The predicted molar refractivity (Wildman–Crippen MR) is 107 cm³/mol. The largest absolute Gasteiger partial charge is 0.481 e. The van der Waals surface area contributed by atoms with Crippen LogP contribution in [-0.4, -0.2) is 33.7 Å². The van der Waals surface area contributed by atoms with Crippen LogP contribution in [0.2, 0.25) is 0 Å². The summed E-state index contributed by atoms with van der Waals surface area (Å²) in [6, 6.07) is 6.54. The Morgan fingerprint density at radius 2 is 2.10 bits per heavy atom. The molecule has 3 heterocycles. The molecule has 0 aliphatic carbocycles. The van der Waals surface area contributed by atoms with Crippen LogP contribution in [0.5, 0.6) is 0 Å². The van der Waals surface area contributed by atoms with Crippen molar-refractivity contribution in [3.63, 3.8) is 0 Å². The van der Waals surface area contributed by atoms with Gasteiger partial charge in [0.05, 0.1) is 23.5 Å². The summed E-state index contributed by atoms with van der Waals surface area (Å²) in [5.74, 6) is -1.21. The molecule has 0 saturated carbocycles. The van der Waals surface area contributed by atoms with Gasteiger partial charge in [-0.15, -0.1) is 11.3 Å². The highest BCUT2D eigenvalue weighted by Crippen LogP contribution is 2.30. The third kappa shape index (κ3) is 3.91. The van der Waals surface area contributed by atoms with Gasteiger partial charge in [-0.25, -0.2) is 4.98 Å². The molecule has 0 radical (unpaired) electrons. The van der Waals surface area contributed by atoms with Crippen molar-refractivity contribution in [3.8, 4) is 0 Å². The van der Waals surface area contributed by atoms with Crippen molar-refractivity contribution < 1.29 is 23.1 Å². The Morgan fingerprint density at radius 1 is 1.30 bits per heavy atom. The van der Waals surface area contributed by atoms with Gasteiger partial charge in [-0.05, 0) is 42.0 Å². The Bertz CT molecular complexity index is 1160. The van der Waals surface area contributed by atoms with Gasteiger partial charge in [0.25, 0.3) is 5.56 Å². The van der Waals surface area contributed by atoms with E-state index < -0.39 is 23.6 Å². The number of hydrogen-bond acceptors (Lipinski definition) is 5. The van der Waals surface area contributed by atoms with Gasteiger partial charge in [0.15, 0.2) is 0 Å². The first-order chi connectivity index (χ1) is 14.2. The lowest BCUT2D eigenvalue weighted by molar-refractivity contribution is -0.142. The number of fused-ring (bicyclic) bond motifs is 1. The lowest BCUT2D eigenvalue weighted by Crippen LogP contribution is -2.42. The molecule has 2 aromatic heterocycles. The number of piperidine rings is 1. The van der Waals surface area contributed by atoms with E-state index in [9.17, 15) is 27.9 Å². The molecule has 30 heavy (non-hydrogen) atoms. The maximum Gasteiger partial charge on any atom is 0.416 e. The Morgan fingerprint density at radius 3 is 2.83 bits per heavy atom. The maximum atomic E-state index is 13.1. The van der Waals surface area contributed by atoms with E-state index in [1.807, 2.05) is 0 Å². The van der Waals surface area contributed by atoms with Crippen LogP contribution in [0.15, 0.2) is 40.5 Å². The van der Waals surface area contributed by atoms with E-state index in [1.165, 1.54) is 28.0 Å². The summed E-state index contributed by atoms with van der Waals surface area (Å²) < 4.78 is 41.1. The number of carbonyl (C=O) groups is 1. The number of halogens is 3. The zero-order valence-electron chi connectivity index (χ0n) is 15.7. The number of hydrogen-bond donors (Lipinski definition) is 1. The molecule has 10 heteroatoms. The van der Waals surface area contributed by atoms with E-state index in [-0.39, 0.29) is 24.6 Å². The topological polar surface area (TPSA) is 75.4 Å². The van der Waals surface area contributed by atoms with Crippen LogP contribution >= 0.6 is 11.3 Å². The van der Waals surface area contributed by atoms with E-state index >= 15 is 0 Å². The Kier molecular flexibility index (Phi) is 5.27. The van der Waals surface area contributed by atoms with Crippen molar-refractivity contribution in [1.29, 1.82) is 0 Å². The molecule has 6 nitrogen and oxygen atoms in total. The third-order valence-electron chi connectivity index (χ3n) is 5.19. The summed E-state index contributed by atoms with van der Waals surface area (Å²) in [7, 11) is 0. The number of rotatable bonds is 4. The molecular weight excluding hydrogens is 419 g/mol. The molecule has 0 spiro atoms. The second kappa shape index (κ2) is 7.75. The molecule has 1 saturated heterocycles. The molecule has 1 fully saturated rings.